The molecule has 0 unspecified atom stereocenters. The summed E-state index contributed by atoms with van der Waals surface area (Å²) in [5.74, 6) is -0.780. The molecular weight excluding hydrogens is 269 g/mol. The molecule has 20 heavy (non-hydrogen) atoms. The third-order valence-electron chi connectivity index (χ3n) is 2.29. The molecule has 0 bridgehead atoms. The van der Waals surface area contributed by atoms with Gasteiger partial charge in [0, 0.05) is 0 Å². The van der Waals surface area contributed by atoms with E-state index in [1.165, 1.54) is 19.2 Å². The standard InChI is InChI=1S/C11H8FN5O3/c1-19-11-9(16-20-17-11)10(15-18)14-7-2-3-8(12)6(4-7)5-13/h2-4,18H,1H3,(H,14,15). The van der Waals surface area contributed by atoms with E-state index in [4.69, 9.17) is 15.2 Å². The van der Waals surface area contributed by atoms with Crippen LogP contribution < -0.4 is 10.2 Å². The van der Waals surface area contributed by atoms with Crippen molar-refractivity contribution in [3.63, 3.8) is 0 Å². The van der Waals surface area contributed by atoms with Crippen molar-refractivity contribution in [1.82, 2.24) is 15.8 Å². The van der Waals surface area contributed by atoms with Gasteiger partial charge in [-0.3, -0.25) is 10.7 Å². The van der Waals surface area contributed by atoms with E-state index >= 15 is 0 Å². The Balaban J connectivity index is 2.44. The zero-order valence-corrected chi connectivity index (χ0v) is 10.2. The van der Waals surface area contributed by atoms with Crippen LogP contribution in [0.3, 0.4) is 0 Å². The number of hydrogen-bond donors (Lipinski definition) is 2. The van der Waals surface area contributed by atoms with Crippen LogP contribution in [0, 0.1) is 17.1 Å². The van der Waals surface area contributed by atoms with E-state index in [1.807, 2.05) is 5.48 Å². The Hall–Kier alpha value is -2.99. The van der Waals surface area contributed by atoms with Crippen LogP contribution in [0.1, 0.15) is 11.3 Å². The van der Waals surface area contributed by atoms with E-state index in [2.05, 4.69) is 19.9 Å². The highest BCUT2D eigenvalue weighted by molar-refractivity contribution is 5.99. The molecule has 0 aliphatic rings. The van der Waals surface area contributed by atoms with Crippen molar-refractivity contribution in [3.05, 3.63) is 35.3 Å². The number of nitrogens with one attached hydrogen (secondary N) is 1. The third kappa shape index (κ3) is 2.55. The second-order valence-electron chi connectivity index (χ2n) is 3.47. The fourth-order valence-corrected chi connectivity index (χ4v) is 1.39. The second kappa shape index (κ2) is 5.77. The van der Waals surface area contributed by atoms with Crippen molar-refractivity contribution in [2.45, 2.75) is 0 Å². The molecule has 8 nitrogen and oxygen atoms in total. The van der Waals surface area contributed by atoms with E-state index in [9.17, 15) is 4.39 Å². The van der Waals surface area contributed by atoms with Gasteiger partial charge in [0.15, 0.2) is 5.84 Å². The molecule has 102 valence electrons. The summed E-state index contributed by atoms with van der Waals surface area (Å²) in [7, 11) is 1.34. The Kier molecular flexibility index (Phi) is 3.88. The van der Waals surface area contributed by atoms with Crippen LogP contribution in [0.2, 0.25) is 0 Å². The van der Waals surface area contributed by atoms with Gasteiger partial charge in [0.25, 0.3) is 5.88 Å². The highest BCUT2D eigenvalue weighted by Gasteiger charge is 2.17. The van der Waals surface area contributed by atoms with E-state index in [-0.39, 0.29) is 28.7 Å². The molecule has 9 heteroatoms. The molecule has 0 aliphatic heterocycles. The van der Waals surface area contributed by atoms with Crippen LogP contribution in [0.15, 0.2) is 27.8 Å². The van der Waals surface area contributed by atoms with Crippen molar-refractivity contribution >= 4 is 11.5 Å². The van der Waals surface area contributed by atoms with Crippen LogP contribution in [0.4, 0.5) is 10.1 Å². The SMILES string of the molecule is COc1nonc1C(=Nc1ccc(F)c(C#N)c1)NO. The Morgan fingerprint density at radius 1 is 1.55 bits per heavy atom. The van der Waals surface area contributed by atoms with Crippen molar-refractivity contribution in [1.29, 1.82) is 5.26 Å². The van der Waals surface area contributed by atoms with Gasteiger partial charge < -0.3 is 4.74 Å². The molecule has 1 aromatic carbocycles. The average molecular weight is 277 g/mol. The van der Waals surface area contributed by atoms with Gasteiger partial charge in [-0.25, -0.2) is 14.0 Å². The molecule has 0 saturated carbocycles. The predicted molar refractivity (Wildman–Crippen MR) is 63.1 cm³/mol. The van der Waals surface area contributed by atoms with Crippen molar-refractivity contribution in [2.24, 2.45) is 4.99 Å². The van der Waals surface area contributed by atoms with E-state index in [1.54, 1.807) is 6.07 Å². The second-order valence-corrected chi connectivity index (χ2v) is 3.47. The maximum atomic E-state index is 13.2. The quantitative estimate of drug-likeness (QED) is 0.491. The normalized spacial score (nSPS) is 11.0. The van der Waals surface area contributed by atoms with E-state index < -0.39 is 5.82 Å². The number of nitriles is 1. The van der Waals surface area contributed by atoms with E-state index in [0.717, 1.165) is 6.07 Å². The lowest BCUT2D eigenvalue weighted by Crippen LogP contribution is -2.21. The van der Waals surface area contributed by atoms with Gasteiger partial charge in [-0.05, 0) is 28.5 Å². The largest absolute Gasteiger partial charge is 0.477 e. The molecule has 0 atom stereocenters. The summed E-state index contributed by atoms with van der Waals surface area (Å²) < 4.78 is 22.5. The maximum Gasteiger partial charge on any atom is 0.287 e. The maximum absolute atomic E-state index is 13.2. The predicted octanol–water partition coefficient (Wildman–Crippen LogP) is 1.15. The minimum atomic E-state index is -0.661. The minimum Gasteiger partial charge on any atom is -0.477 e. The molecule has 2 aromatic rings. The van der Waals surface area contributed by atoms with Gasteiger partial charge in [-0.15, -0.1) is 0 Å². The molecular formula is C11H8FN5O3. The lowest BCUT2D eigenvalue weighted by Gasteiger charge is -2.02. The Bertz CT molecular complexity index is 692. The van der Waals surface area contributed by atoms with E-state index in [0.29, 0.717) is 0 Å². The molecule has 0 fully saturated rings. The molecule has 2 rings (SSSR count). The van der Waals surface area contributed by atoms with Crippen LogP contribution in [0.25, 0.3) is 0 Å². The summed E-state index contributed by atoms with van der Waals surface area (Å²) in [5.41, 5.74) is 1.89. The monoisotopic (exact) mass is 277 g/mol. The highest BCUT2D eigenvalue weighted by atomic mass is 19.1. The number of ether oxygens (including phenoxy) is 1. The molecule has 0 aliphatic carbocycles. The first kappa shape index (κ1) is 13.4. The number of halogens is 1. The molecule has 2 N–H and O–H groups in total. The first-order valence-corrected chi connectivity index (χ1v) is 5.25. The van der Waals surface area contributed by atoms with Gasteiger partial charge in [0.2, 0.25) is 5.69 Å². The van der Waals surface area contributed by atoms with Crippen LogP contribution >= 0.6 is 0 Å². The summed E-state index contributed by atoms with van der Waals surface area (Å²) in [6.07, 6.45) is 0. The molecule has 0 saturated heterocycles. The Labute approximate surface area is 112 Å². The van der Waals surface area contributed by atoms with Gasteiger partial charge in [0.05, 0.1) is 18.4 Å². The number of methoxy groups -OCH3 is 1. The molecule has 0 radical (unpaired) electrons. The molecule has 1 aromatic heterocycles. The number of nitrogens with zero attached hydrogens (tertiary/aromatic N) is 4. The summed E-state index contributed by atoms with van der Waals surface area (Å²) in [4.78, 5) is 3.97. The van der Waals surface area contributed by atoms with Gasteiger partial charge >= 0.3 is 0 Å². The number of amidine groups is 1. The van der Waals surface area contributed by atoms with Crippen LogP contribution in [-0.2, 0) is 0 Å². The topological polar surface area (TPSA) is 117 Å². The number of hydroxylamine groups is 1. The lowest BCUT2D eigenvalue weighted by molar-refractivity contribution is 0.233. The Morgan fingerprint density at radius 2 is 2.35 bits per heavy atom. The van der Waals surface area contributed by atoms with Gasteiger partial charge in [-0.2, -0.15) is 5.26 Å². The van der Waals surface area contributed by atoms with Crippen molar-refractivity contribution in [2.75, 3.05) is 7.11 Å². The molecule has 0 spiro atoms. The average Bonchev–Trinajstić information content (AvgIpc) is 2.94. The molecule has 0 amide bonds. The number of aromatic nitrogens is 2. The number of hydrogen-bond acceptors (Lipinski definition) is 7. The fourth-order valence-electron chi connectivity index (χ4n) is 1.39. The number of rotatable bonds is 3. The summed E-state index contributed by atoms with van der Waals surface area (Å²) in [5, 5.41) is 24.8. The first-order chi connectivity index (χ1) is 9.69. The number of benzene rings is 1. The number of aliphatic imine (C=N–C) groups is 1. The zero-order chi connectivity index (χ0) is 14.5. The highest BCUT2D eigenvalue weighted by Crippen LogP contribution is 2.19. The van der Waals surface area contributed by atoms with Crippen molar-refractivity contribution < 1.29 is 19.0 Å². The first-order valence-electron chi connectivity index (χ1n) is 5.25. The van der Waals surface area contributed by atoms with Crippen molar-refractivity contribution in [3.8, 4) is 11.9 Å². The molecule has 1 heterocycles. The summed E-state index contributed by atoms with van der Waals surface area (Å²) in [6, 6.07) is 5.32. The van der Waals surface area contributed by atoms with Crippen LogP contribution in [-0.4, -0.2) is 28.5 Å². The summed E-state index contributed by atoms with van der Waals surface area (Å²) >= 11 is 0. The fraction of sp³-hybridized carbons (Fsp3) is 0.0909. The van der Waals surface area contributed by atoms with Crippen LogP contribution in [0.5, 0.6) is 5.88 Å². The minimum absolute atomic E-state index is 0.00733. The zero-order valence-electron chi connectivity index (χ0n) is 10.2. The van der Waals surface area contributed by atoms with Gasteiger partial charge in [0.1, 0.15) is 11.9 Å². The smallest absolute Gasteiger partial charge is 0.287 e. The third-order valence-corrected chi connectivity index (χ3v) is 2.29. The summed E-state index contributed by atoms with van der Waals surface area (Å²) in [6.45, 7) is 0. The van der Waals surface area contributed by atoms with Gasteiger partial charge in [-0.1, -0.05) is 0 Å². The lowest BCUT2D eigenvalue weighted by atomic mass is 10.2. The Morgan fingerprint density at radius 3 is 3.00 bits per heavy atom.